The van der Waals surface area contributed by atoms with E-state index in [0.29, 0.717) is 16.2 Å². The Labute approximate surface area is 169 Å². The summed E-state index contributed by atoms with van der Waals surface area (Å²) in [6.07, 6.45) is 1.46. The number of amides is 1. The Hall–Kier alpha value is -2.84. The number of carbonyl (C=O) groups is 1. The van der Waals surface area contributed by atoms with Gasteiger partial charge in [-0.05, 0) is 60.4 Å². The third-order valence-electron chi connectivity index (χ3n) is 3.98. The molecule has 0 aliphatic heterocycles. The van der Waals surface area contributed by atoms with Crippen LogP contribution in [0.25, 0.3) is 21.5 Å². The van der Waals surface area contributed by atoms with Gasteiger partial charge in [-0.1, -0.05) is 23.9 Å². The SMILES string of the molecule is Cc1cccc(NC(=O)CSc2ncnc3c(-c4ccc(F)cc4)nsc23)c1. The summed E-state index contributed by atoms with van der Waals surface area (Å²) >= 11 is 2.62. The van der Waals surface area contributed by atoms with Gasteiger partial charge in [0.1, 0.15) is 33.1 Å². The summed E-state index contributed by atoms with van der Waals surface area (Å²) < 4.78 is 18.5. The first-order valence-electron chi connectivity index (χ1n) is 8.46. The van der Waals surface area contributed by atoms with E-state index in [1.807, 2.05) is 31.2 Å². The predicted octanol–water partition coefficient (Wildman–Crippen LogP) is 4.93. The van der Waals surface area contributed by atoms with Crippen molar-refractivity contribution >= 4 is 45.1 Å². The van der Waals surface area contributed by atoms with Gasteiger partial charge in [0.15, 0.2) is 0 Å². The molecule has 0 spiro atoms. The minimum absolute atomic E-state index is 0.106. The average molecular weight is 410 g/mol. The van der Waals surface area contributed by atoms with Crippen LogP contribution in [0.2, 0.25) is 0 Å². The molecule has 0 saturated carbocycles. The lowest BCUT2D eigenvalue weighted by Crippen LogP contribution is -2.14. The van der Waals surface area contributed by atoms with Crippen molar-refractivity contribution in [1.82, 2.24) is 14.3 Å². The van der Waals surface area contributed by atoms with Crippen LogP contribution in [-0.2, 0) is 4.79 Å². The Bertz CT molecular complexity index is 1140. The van der Waals surface area contributed by atoms with E-state index in [9.17, 15) is 9.18 Å². The minimum Gasteiger partial charge on any atom is -0.325 e. The quantitative estimate of drug-likeness (QED) is 0.373. The molecule has 0 fully saturated rings. The molecule has 4 aromatic rings. The number of hydrogen-bond donors (Lipinski definition) is 1. The molecular weight excluding hydrogens is 395 g/mol. The van der Waals surface area contributed by atoms with E-state index in [2.05, 4.69) is 19.7 Å². The first-order valence-corrected chi connectivity index (χ1v) is 10.2. The Kier molecular flexibility index (Phi) is 5.31. The number of benzene rings is 2. The number of nitrogens with zero attached hydrogens (tertiary/aromatic N) is 3. The number of aromatic nitrogens is 3. The molecule has 1 amide bonds. The molecule has 1 N–H and O–H groups in total. The zero-order chi connectivity index (χ0) is 19.5. The highest BCUT2D eigenvalue weighted by Crippen LogP contribution is 2.34. The molecule has 2 aromatic heterocycles. The standard InChI is InChI=1S/C20H15FN4OS2/c1-12-3-2-4-15(9-12)24-16(26)10-27-20-19-18(22-11-23-20)17(25-28-19)13-5-7-14(21)8-6-13/h2-9,11H,10H2,1H3,(H,24,26). The normalized spacial score (nSPS) is 10.9. The number of rotatable bonds is 5. The maximum absolute atomic E-state index is 13.2. The fourth-order valence-corrected chi connectivity index (χ4v) is 4.42. The van der Waals surface area contributed by atoms with E-state index >= 15 is 0 Å². The number of anilines is 1. The minimum atomic E-state index is -0.297. The van der Waals surface area contributed by atoms with Crippen molar-refractivity contribution in [2.75, 3.05) is 11.1 Å². The zero-order valence-electron chi connectivity index (χ0n) is 14.8. The highest BCUT2D eigenvalue weighted by Gasteiger charge is 2.15. The van der Waals surface area contributed by atoms with Gasteiger partial charge in [0.2, 0.25) is 5.91 Å². The highest BCUT2D eigenvalue weighted by atomic mass is 32.2. The predicted molar refractivity (Wildman–Crippen MR) is 111 cm³/mol. The molecule has 5 nitrogen and oxygen atoms in total. The van der Waals surface area contributed by atoms with Crippen LogP contribution in [0.1, 0.15) is 5.56 Å². The Morgan fingerprint density at radius 1 is 1.18 bits per heavy atom. The van der Waals surface area contributed by atoms with Crippen LogP contribution in [0.3, 0.4) is 0 Å². The van der Waals surface area contributed by atoms with Gasteiger partial charge >= 0.3 is 0 Å². The second kappa shape index (κ2) is 8.04. The van der Waals surface area contributed by atoms with Gasteiger partial charge in [-0.2, -0.15) is 4.37 Å². The molecule has 0 aliphatic rings. The summed E-state index contributed by atoms with van der Waals surface area (Å²) in [6.45, 7) is 1.98. The van der Waals surface area contributed by atoms with Crippen molar-refractivity contribution in [3.05, 3.63) is 66.2 Å². The van der Waals surface area contributed by atoms with Crippen molar-refractivity contribution in [3.8, 4) is 11.3 Å². The van der Waals surface area contributed by atoms with Gasteiger partial charge in [-0.3, -0.25) is 4.79 Å². The van der Waals surface area contributed by atoms with Gasteiger partial charge in [0.05, 0.1) is 5.75 Å². The summed E-state index contributed by atoms with van der Waals surface area (Å²) in [4.78, 5) is 20.9. The lowest BCUT2D eigenvalue weighted by Gasteiger charge is -2.06. The fourth-order valence-electron chi connectivity index (χ4n) is 2.70. The number of halogens is 1. The average Bonchev–Trinajstić information content (AvgIpc) is 3.12. The summed E-state index contributed by atoms with van der Waals surface area (Å²) in [7, 11) is 0. The van der Waals surface area contributed by atoms with E-state index in [1.54, 1.807) is 12.1 Å². The van der Waals surface area contributed by atoms with Crippen LogP contribution in [0.15, 0.2) is 59.9 Å². The van der Waals surface area contributed by atoms with E-state index in [0.717, 1.165) is 21.5 Å². The van der Waals surface area contributed by atoms with Gasteiger partial charge in [0, 0.05) is 11.3 Å². The molecule has 2 aromatic carbocycles. The van der Waals surface area contributed by atoms with E-state index < -0.39 is 0 Å². The summed E-state index contributed by atoms with van der Waals surface area (Å²) in [5.74, 6) is -0.177. The maximum atomic E-state index is 13.2. The second-order valence-electron chi connectivity index (χ2n) is 6.10. The molecule has 0 saturated heterocycles. The lowest BCUT2D eigenvalue weighted by molar-refractivity contribution is -0.113. The van der Waals surface area contributed by atoms with Crippen molar-refractivity contribution in [3.63, 3.8) is 0 Å². The van der Waals surface area contributed by atoms with Crippen LogP contribution in [-0.4, -0.2) is 26.0 Å². The molecule has 140 valence electrons. The topological polar surface area (TPSA) is 67.8 Å². The third-order valence-corrected chi connectivity index (χ3v) is 5.94. The molecule has 2 heterocycles. The lowest BCUT2D eigenvalue weighted by atomic mass is 10.1. The highest BCUT2D eigenvalue weighted by molar-refractivity contribution is 8.00. The van der Waals surface area contributed by atoms with E-state index in [4.69, 9.17) is 0 Å². The Balaban J connectivity index is 1.51. The molecule has 0 radical (unpaired) electrons. The zero-order valence-corrected chi connectivity index (χ0v) is 16.5. The third kappa shape index (κ3) is 4.02. The van der Waals surface area contributed by atoms with E-state index in [1.165, 1.54) is 41.8 Å². The number of carbonyl (C=O) groups excluding carboxylic acids is 1. The molecule has 28 heavy (non-hydrogen) atoms. The Morgan fingerprint density at radius 2 is 2.00 bits per heavy atom. The van der Waals surface area contributed by atoms with Gasteiger partial charge in [0.25, 0.3) is 0 Å². The number of thioether (sulfide) groups is 1. The second-order valence-corrected chi connectivity index (χ2v) is 7.84. The summed E-state index contributed by atoms with van der Waals surface area (Å²) in [6, 6.07) is 13.8. The van der Waals surface area contributed by atoms with Crippen LogP contribution in [0.4, 0.5) is 10.1 Å². The molecular formula is C20H15FN4OS2. The van der Waals surface area contributed by atoms with E-state index in [-0.39, 0.29) is 17.5 Å². The first kappa shape index (κ1) is 18.5. The number of nitrogens with one attached hydrogen (secondary N) is 1. The smallest absolute Gasteiger partial charge is 0.234 e. The monoisotopic (exact) mass is 410 g/mol. The van der Waals surface area contributed by atoms with Gasteiger partial charge in [-0.25, -0.2) is 14.4 Å². The number of hydrogen-bond acceptors (Lipinski definition) is 6. The first-order chi connectivity index (χ1) is 13.6. The van der Waals surface area contributed by atoms with Gasteiger partial charge in [-0.15, -0.1) is 0 Å². The Morgan fingerprint density at radius 3 is 2.79 bits per heavy atom. The maximum Gasteiger partial charge on any atom is 0.234 e. The molecule has 0 unspecified atom stereocenters. The van der Waals surface area contributed by atoms with Crippen molar-refractivity contribution in [2.24, 2.45) is 0 Å². The van der Waals surface area contributed by atoms with Crippen LogP contribution in [0.5, 0.6) is 0 Å². The summed E-state index contributed by atoms with van der Waals surface area (Å²) in [5.41, 5.74) is 4.04. The van der Waals surface area contributed by atoms with Crippen molar-refractivity contribution in [2.45, 2.75) is 11.9 Å². The van der Waals surface area contributed by atoms with Crippen molar-refractivity contribution in [1.29, 1.82) is 0 Å². The fraction of sp³-hybridized carbons (Fsp3) is 0.100. The number of fused-ring (bicyclic) bond motifs is 1. The van der Waals surface area contributed by atoms with Crippen LogP contribution in [0, 0.1) is 12.7 Å². The number of aryl methyl sites for hydroxylation is 1. The van der Waals surface area contributed by atoms with Crippen molar-refractivity contribution < 1.29 is 9.18 Å². The largest absolute Gasteiger partial charge is 0.325 e. The summed E-state index contributed by atoms with van der Waals surface area (Å²) in [5, 5.41) is 3.59. The molecule has 0 aliphatic carbocycles. The van der Waals surface area contributed by atoms with Gasteiger partial charge < -0.3 is 5.32 Å². The molecule has 8 heteroatoms. The van der Waals surface area contributed by atoms with Crippen LogP contribution < -0.4 is 5.32 Å². The molecule has 0 atom stereocenters. The van der Waals surface area contributed by atoms with Crippen LogP contribution >= 0.6 is 23.3 Å². The molecule has 0 bridgehead atoms. The molecule has 4 rings (SSSR count).